The first-order chi connectivity index (χ1) is 53.4. The largest absolute Gasteiger partial charge is 0.461 e. The Labute approximate surface area is 619 Å². The van der Waals surface area contributed by atoms with Gasteiger partial charge >= 0.3 is 0 Å². The predicted octanol–water partition coefficient (Wildman–Crippen LogP) is 29.3. The van der Waals surface area contributed by atoms with Crippen molar-refractivity contribution in [2.45, 2.75) is 24.7 Å². The third kappa shape index (κ3) is 9.04. The number of hydrogen-bond acceptors (Lipinski definition) is 4. The van der Waals surface area contributed by atoms with Crippen LogP contribution in [0.4, 0.5) is 0 Å². The number of para-hydroxylation sites is 1. The maximum atomic E-state index is 6.84. The minimum Gasteiger partial charge on any atom is -0.461 e. The van der Waals surface area contributed by atoms with E-state index in [1.807, 2.05) is 12.1 Å². The summed E-state index contributed by atoms with van der Waals surface area (Å²) in [5.41, 5.74) is 22.6. The van der Waals surface area contributed by atoms with Gasteiger partial charge in [0.2, 0.25) is 0 Å². The van der Waals surface area contributed by atoms with Gasteiger partial charge in [0, 0.05) is 49.7 Å². The molecule has 0 bridgehead atoms. The minimum absolute atomic E-state index is 0.112. The molecule has 0 spiro atoms. The number of allylic oxidation sites excluding steroid dienone is 8. The van der Waals surface area contributed by atoms with E-state index < -0.39 is 0 Å². The molecule has 4 nitrogen and oxygen atoms in total. The van der Waals surface area contributed by atoms with E-state index in [9.17, 15) is 0 Å². The molecule has 1 aliphatic heterocycles. The Hall–Kier alpha value is -13.8. The van der Waals surface area contributed by atoms with Crippen molar-refractivity contribution in [3.63, 3.8) is 0 Å². The van der Waals surface area contributed by atoms with Crippen LogP contribution in [0.15, 0.2) is 359 Å². The number of fused-ring (bicyclic) bond motifs is 21. The van der Waals surface area contributed by atoms with E-state index in [-0.39, 0.29) is 11.8 Å². The molecule has 0 saturated carbocycles. The minimum atomic E-state index is 0.112. The molecule has 3 aliphatic rings. The zero-order valence-electron chi connectivity index (χ0n) is 58.5. The third-order valence-corrected chi connectivity index (χ3v) is 24.1. The molecule has 24 rings (SSSR count). The number of ether oxygens (including phenoxy) is 1. The summed E-state index contributed by atoms with van der Waals surface area (Å²) in [4.78, 5) is 0. The lowest BCUT2D eigenvalue weighted by Gasteiger charge is -2.25. The van der Waals surface area contributed by atoms with Gasteiger partial charge in [-0.3, -0.25) is 0 Å². The highest BCUT2D eigenvalue weighted by Crippen LogP contribution is 2.54. The van der Waals surface area contributed by atoms with Crippen LogP contribution in [0, 0.1) is 0 Å². The Kier molecular flexibility index (Phi) is 12.6. The van der Waals surface area contributed by atoms with Crippen molar-refractivity contribution >= 4 is 163 Å². The van der Waals surface area contributed by atoms with Gasteiger partial charge in [0.15, 0.2) is 0 Å². The average molecular weight is 1380 g/mol. The van der Waals surface area contributed by atoms with Crippen LogP contribution in [0.2, 0.25) is 0 Å². The number of rotatable bonds is 7. The van der Waals surface area contributed by atoms with Crippen LogP contribution >= 0.6 is 0 Å². The molecule has 108 heavy (non-hydrogen) atoms. The number of hydrogen-bond donors (Lipinski definition) is 0. The molecule has 0 amide bonds. The molecule has 21 aromatic rings. The van der Waals surface area contributed by atoms with Gasteiger partial charge < -0.3 is 18.0 Å². The fourth-order valence-electron chi connectivity index (χ4n) is 19.0. The molecule has 18 aromatic carbocycles. The first kappa shape index (κ1) is 59.6. The van der Waals surface area contributed by atoms with Gasteiger partial charge in [-0.2, -0.15) is 0 Å². The molecular weight excluding hydrogens is 1310 g/mol. The van der Waals surface area contributed by atoms with E-state index in [0.717, 1.165) is 123 Å². The van der Waals surface area contributed by atoms with Crippen LogP contribution in [0.3, 0.4) is 0 Å². The van der Waals surface area contributed by atoms with Gasteiger partial charge in [0.1, 0.15) is 45.0 Å². The first-order valence-electron chi connectivity index (χ1n) is 37.6. The maximum absolute atomic E-state index is 6.84. The number of benzene rings is 18. The van der Waals surface area contributed by atoms with Crippen LogP contribution in [0.25, 0.3) is 208 Å². The van der Waals surface area contributed by atoms with Crippen molar-refractivity contribution in [1.82, 2.24) is 0 Å². The van der Waals surface area contributed by atoms with Crippen LogP contribution in [-0.4, -0.2) is 0 Å². The maximum Gasteiger partial charge on any atom is 0.136 e. The Bertz CT molecular complexity index is 7620. The van der Waals surface area contributed by atoms with Crippen LogP contribution in [-0.2, 0) is 0 Å². The highest BCUT2D eigenvalue weighted by atomic mass is 16.5. The van der Waals surface area contributed by atoms with E-state index in [1.54, 1.807) is 0 Å². The second-order valence-electron chi connectivity index (χ2n) is 30.0. The molecule has 0 fully saturated rings. The summed E-state index contributed by atoms with van der Waals surface area (Å²) < 4.78 is 26.7. The van der Waals surface area contributed by atoms with Gasteiger partial charge in [-0.25, -0.2) is 0 Å². The van der Waals surface area contributed by atoms with E-state index in [4.69, 9.17) is 18.0 Å². The first-order valence-corrected chi connectivity index (χ1v) is 37.6. The highest BCUT2D eigenvalue weighted by molar-refractivity contribution is 6.25. The molecule has 3 aromatic heterocycles. The quantitative estimate of drug-likeness (QED) is 0.149. The van der Waals surface area contributed by atoms with Gasteiger partial charge in [-0.15, -0.1) is 0 Å². The summed E-state index contributed by atoms with van der Waals surface area (Å²) in [6.07, 6.45) is 13.3. The van der Waals surface area contributed by atoms with Crippen molar-refractivity contribution in [3.05, 3.63) is 368 Å². The van der Waals surface area contributed by atoms with Crippen molar-refractivity contribution in [2.75, 3.05) is 0 Å². The molecule has 4 heteroatoms. The smallest absolute Gasteiger partial charge is 0.136 e. The SMILES string of the molecule is C1=CC(c2ccc3ccc(-c4ccc5c(c4)oc4ccc6cc7c(cc6c45)oc4ccc(-c5c6ccccc6c(-c6cccc(-c8ccc9ccccc9c8)c6)c6ccccc56)cc47)cc3c2)CC(c2c3ccccc3c(C3=CC=C4Oc5cc6cc7oc8ccccc8c7cc6cc5C4C3)c3ccccc23)=C1. The Morgan fingerprint density at radius 1 is 0.250 bits per heavy atom. The Morgan fingerprint density at radius 3 is 1.49 bits per heavy atom. The van der Waals surface area contributed by atoms with E-state index in [2.05, 4.69) is 328 Å². The molecule has 502 valence electrons. The van der Waals surface area contributed by atoms with E-state index in [0.29, 0.717) is 0 Å². The molecule has 0 N–H and O–H groups in total. The summed E-state index contributed by atoms with van der Waals surface area (Å²) in [6, 6.07) is 114. The lowest BCUT2D eigenvalue weighted by molar-refractivity contribution is 0.427. The molecular formula is C104H62O4. The molecule has 4 heterocycles. The zero-order valence-corrected chi connectivity index (χ0v) is 58.5. The van der Waals surface area contributed by atoms with Crippen LogP contribution in [0.5, 0.6) is 5.75 Å². The standard InChI is InChI=1S/C104H62O4/c1-2-16-61-45-64(34-31-59(61)15-1)62-17-13-19-69(46-62)100-77-22-3-7-26-81(77)102(82-27-8-4-23-78(82)100)71-40-43-94-88(51-71)90-50-68-38-44-95-104(86(68)58-99(90)107-94)85-41-37-67(55-96(85)108-95)66-36-33-60-32-35-65(48-73(60)49-66)63-18-14-20-70(47-63)101-79-24-5-9-28-83(79)103(84-29-10-6-25-80(84)101)72-39-42-93-89(52-72)91-54-74-53-87-76-21-11-12-30-92(76)105-97(87)56-75(74)57-98(91)106-93/h1-46,48-51,53-58,63,89H,47,52H2. The lowest BCUT2D eigenvalue weighted by atomic mass is 9.78. The fourth-order valence-corrected chi connectivity index (χ4v) is 19.0. The highest BCUT2D eigenvalue weighted by Gasteiger charge is 2.35. The molecule has 0 radical (unpaired) electrons. The normalized spacial score (nSPS) is 15.2. The average Bonchev–Trinajstić information content (AvgIpc) is 1.78. The van der Waals surface area contributed by atoms with Gasteiger partial charge in [0.05, 0.1) is 0 Å². The van der Waals surface area contributed by atoms with Crippen molar-refractivity contribution < 1.29 is 18.0 Å². The second kappa shape index (κ2) is 22.9. The second-order valence-corrected chi connectivity index (χ2v) is 30.0. The summed E-state index contributed by atoms with van der Waals surface area (Å²) in [6.45, 7) is 0. The molecule has 2 atom stereocenters. The topological polar surface area (TPSA) is 48.7 Å². The van der Waals surface area contributed by atoms with Gasteiger partial charge in [-0.05, 0) is 268 Å². The summed E-state index contributed by atoms with van der Waals surface area (Å²) in [5, 5.41) is 26.1. The van der Waals surface area contributed by atoms with Crippen LogP contribution in [0.1, 0.15) is 46.9 Å². The van der Waals surface area contributed by atoms with E-state index >= 15 is 0 Å². The summed E-state index contributed by atoms with van der Waals surface area (Å²) in [7, 11) is 0. The Morgan fingerprint density at radius 2 is 0.750 bits per heavy atom. The predicted molar refractivity (Wildman–Crippen MR) is 451 cm³/mol. The van der Waals surface area contributed by atoms with E-state index in [1.165, 1.54) is 131 Å². The molecule has 0 saturated heterocycles. The van der Waals surface area contributed by atoms with Gasteiger partial charge in [0.25, 0.3) is 0 Å². The Balaban J connectivity index is 0.530. The van der Waals surface area contributed by atoms with Crippen molar-refractivity contribution in [1.29, 1.82) is 0 Å². The molecule has 2 unspecified atom stereocenters. The number of furan rings is 3. The summed E-state index contributed by atoms with van der Waals surface area (Å²) in [5.74, 6) is 2.24. The van der Waals surface area contributed by atoms with Gasteiger partial charge in [-0.1, -0.05) is 243 Å². The zero-order chi connectivity index (χ0) is 70.4. The third-order valence-electron chi connectivity index (χ3n) is 24.1. The fraction of sp³-hybridized carbons (Fsp3) is 0.0385. The van der Waals surface area contributed by atoms with Crippen molar-refractivity contribution in [2.24, 2.45) is 0 Å². The summed E-state index contributed by atoms with van der Waals surface area (Å²) >= 11 is 0. The van der Waals surface area contributed by atoms with Crippen LogP contribution < -0.4 is 4.74 Å². The molecule has 2 aliphatic carbocycles. The van der Waals surface area contributed by atoms with Crippen molar-refractivity contribution in [3.8, 4) is 50.3 Å². The monoisotopic (exact) mass is 1370 g/mol. The lowest BCUT2D eigenvalue weighted by Crippen LogP contribution is -2.06.